The summed E-state index contributed by atoms with van der Waals surface area (Å²) < 4.78 is 5.34. The van der Waals surface area contributed by atoms with E-state index in [2.05, 4.69) is 19.9 Å². The van der Waals surface area contributed by atoms with Crippen LogP contribution in [0.3, 0.4) is 0 Å². The first-order valence-corrected chi connectivity index (χ1v) is 8.22. The number of rotatable bonds is 5. The van der Waals surface area contributed by atoms with Gasteiger partial charge in [0.15, 0.2) is 0 Å². The zero-order chi connectivity index (χ0) is 17.6. The van der Waals surface area contributed by atoms with Gasteiger partial charge in [0.1, 0.15) is 0 Å². The Morgan fingerprint density at radius 3 is 2.68 bits per heavy atom. The van der Waals surface area contributed by atoms with E-state index in [1.807, 2.05) is 18.2 Å². The largest absolute Gasteiger partial charge is 0.378 e. The molecule has 1 aliphatic rings. The summed E-state index contributed by atoms with van der Waals surface area (Å²) in [6.07, 6.45) is 3.55. The predicted octanol–water partition coefficient (Wildman–Crippen LogP) is 0.292. The molecule has 0 saturated carbocycles. The Kier molecular flexibility index (Phi) is 5.52. The third-order valence-electron chi connectivity index (χ3n) is 4.03. The number of amides is 1. The molecule has 8 nitrogen and oxygen atoms in total. The first kappa shape index (κ1) is 17.2. The minimum Gasteiger partial charge on any atom is -0.378 e. The molecule has 1 aliphatic heterocycles. The number of aromatic nitrogens is 3. The lowest BCUT2D eigenvalue weighted by Gasteiger charge is -2.26. The van der Waals surface area contributed by atoms with Crippen molar-refractivity contribution in [2.24, 2.45) is 5.73 Å². The Morgan fingerprint density at radius 2 is 2.00 bits per heavy atom. The van der Waals surface area contributed by atoms with E-state index in [1.165, 1.54) is 0 Å². The fourth-order valence-corrected chi connectivity index (χ4v) is 2.60. The molecule has 8 heteroatoms. The monoisotopic (exact) mass is 342 g/mol. The van der Waals surface area contributed by atoms with Gasteiger partial charge in [-0.15, -0.1) is 0 Å². The fraction of sp³-hybridized carbons (Fsp3) is 0.412. The maximum absolute atomic E-state index is 11.6. The molecule has 0 spiro atoms. The van der Waals surface area contributed by atoms with Crippen LogP contribution in [0, 0.1) is 0 Å². The van der Waals surface area contributed by atoms with Crippen molar-refractivity contribution in [2.45, 2.75) is 6.54 Å². The summed E-state index contributed by atoms with van der Waals surface area (Å²) in [6.45, 7) is 3.40. The van der Waals surface area contributed by atoms with Crippen molar-refractivity contribution in [1.82, 2.24) is 19.9 Å². The highest BCUT2D eigenvalue weighted by molar-refractivity contribution is 5.77. The van der Waals surface area contributed by atoms with Crippen LogP contribution in [0.5, 0.6) is 0 Å². The Labute approximate surface area is 146 Å². The van der Waals surface area contributed by atoms with Crippen LogP contribution < -0.4 is 10.6 Å². The molecule has 25 heavy (non-hydrogen) atoms. The summed E-state index contributed by atoms with van der Waals surface area (Å²) in [5.41, 5.74) is 7.79. The van der Waals surface area contributed by atoms with E-state index in [9.17, 15) is 4.79 Å². The predicted molar refractivity (Wildman–Crippen MR) is 93.8 cm³/mol. The molecule has 2 N–H and O–H groups in total. The third-order valence-corrected chi connectivity index (χ3v) is 4.03. The SMILES string of the molecule is CN(Cc1cccc(-c2cnc(N3CCOCC3)nc2)n1)C(=O)CN. The summed E-state index contributed by atoms with van der Waals surface area (Å²) in [6, 6.07) is 5.70. The molecular weight excluding hydrogens is 320 g/mol. The third kappa shape index (κ3) is 4.28. The highest BCUT2D eigenvalue weighted by atomic mass is 16.5. The van der Waals surface area contributed by atoms with Crippen molar-refractivity contribution in [1.29, 1.82) is 0 Å². The minimum absolute atomic E-state index is 0.00691. The maximum Gasteiger partial charge on any atom is 0.236 e. The topological polar surface area (TPSA) is 97.5 Å². The van der Waals surface area contributed by atoms with Crippen LogP contribution in [0.1, 0.15) is 5.69 Å². The molecule has 1 fully saturated rings. The van der Waals surface area contributed by atoms with Crippen molar-refractivity contribution in [3.8, 4) is 11.3 Å². The highest BCUT2D eigenvalue weighted by Crippen LogP contribution is 2.18. The number of ether oxygens (including phenoxy) is 1. The smallest absolute Gasteiger partial charge is 0.236 e. The number of hydrogen-bond acceptors (Lipinski definition) is 7. The lowest BCUT2D eigenvalue weighted by molar-refractivity contribution is -0.128. The number of likely N-dealkylation sites (N-methyl/N-ethyl adjacent to an activating group) is 1. The zero-order valence-corrected chi connectivity index (χ0v) is 14.3. The summed E-state index contributed by atoms with van der Waals surface area (Å²) in [7, 11) is 1.71. The van der Waals surface area contributed by atoms with E-state index >= 15 is 0 Å². The van der Waals surface area contributed by atoms with Crippen molar-refractivity contribution < 1.29 is 9.53 Å². The second kappa shape index (κ2) is 8.00. The molecular formula is C17H22N6O2. The number of morpholine rings is 1. The Morgan fingerprint density at radius 1 is 1.28 bits per heavy atom. The molecule has 0 radical (unpaired) electrons. The first-order valence-electron chi connectivity index (χ1n) is 8.22. The normalized spacial score (nSPS) is 14.4. The van der Waals surface area contributed by atoms with Crippen LogP contribution in [0.15, 0.2) is 30.6 Å². The molecule has 0 aromatic carbocycles. The van der Waals surface area contributed by atoms with E-state index in [-0.39, 0.29) is 12.5 Å². The van der Waals surface area contributed by atoms with E-state index in [0.29, 0.717) is 25.7 Å². The molecule has 0 unspecified atom stereocenters. The minimum atomic E-state index is -0.120. The number of hydrogen-bond donors (Lipinski definition) is 1. The van der Waals surface area contributed by atoms with Crippen molar-refractivity contribution >= 4 is 11.9 Å². The van der Waals surface area contributed by atoms with Gasteiger partial charge in [-0.25, -0.2) is 9.97 Å². The average Bonchev–Trinajstić information content (AvgIpc) is 2.68. The number of nitrogens with two attached hydrogens (primary N) is 1. The van der Waals surface area contributed by atoms with Crippen LogP contribution in [0.2, 0.25) is 0 Å². The Balaban J connectivity index is 1.73. The second-order valence-corrected chi connectivity index (χ2v) is 5.84. The van der Waals surface area contributed by atoms with Gasteiger partial charge in [0, 0.05) is 38.1 Å². The molecule has 1 amide bonds. The molecule has 132 valence electrons. The molecule has 0 aliphatic carbocycles. The first-order chi connectivity index (χ1) is 12.2. The Bertz CT molecular complexity index is 715. The maximum atomic E-state index is 11.6. The van der Waals surface area contributed by atoms with E-state index < -0.39 is 0 Å². The van der Waals surface area contributed by atoms with E-state index in [1.54, 1.807) is 24.3 Å². The van der Waals surface area contributed by atoms with Crippen molar-refractivity contribution in [3.63, 3.8) is 0 Å². The van der Waals surface area contributed by atoms with Crippen LogP contribution in [-0.4, -0.2) is 65.7 Å². The van der Waals surface area contributed by atoms with Crippen molar-refractivity contribution in [2.75, 3.05) is 44.8 Å². The van der Waals surface area contributed by atoms with Gasteiger partial charge in [-0.1, -0.05) is 6.07 Å². The number of anilines is 1. The molecule has 3 heterocycles. The van der Waals surface area contributed by atoms with Gasteiger partial charge in [0.2, 0.25) is 11.9 Å². The quantitative estimate of drug-likeness (QED) is 0.834. The lowest BCUT2D eigenvalue weighted by atomic mass is 10.2. The summed E-state index contributed by atoms with van der Waals surface area (Å²) >= 11 is 0. The van der Waals surface area contributed by atoms with Crippen LogP contribution >= 0.6 is 0 Å². The molecule has 0 atom stereocenters. The summed E-state index contributed by atoms with van der Waals surface area (Å²) in [5.74, 6) is 0.585. The number of nitrogens with zero attached hydrogens (tertiary/aromatic N) is 5. The average molecular weight is 342 g/mol. The summed E-state index contributed by atoms with van der Waals surface area (Å²) in [4.78, 5) is 28.8. The lowest BCUT2D eigenvalue weighted by Crippen LogP contribution is -2.37. The molecule has 3 rings (SSSR count). The molecule has 0 bridgehead atoms. The molecule has 2 aromatic heterocycles. The van der Waals surface area contributed by atoms with E-state index in [4.69, 9.17) is 10.5 Å². The van der Waals surface area contributed by atoms with Gasteiger partial charge < -0.3 is 20.3 Å². The fourth-order valence-electron chi connectivity index (χ4n) is 2.60. The number of carbonyl (C=O) groups is 1. The molecule has 1 saturated heterocycles. The highest BCUT2D eigenvalue weighted by Gasteiger charge is 2.14. The zero-order valence-electron chi connectivity index (χ0n) is 14.3. The van der Waals surface area contributed by atoms with Crippen LogP contribution in [0.25, 0.3) is 11.3 Å². The van der Waals surface area contributed by atoms with Crippen molar-refractivity contribution in [3.05, 3.63) is 36.3 Å². The Hall–Kier alpha value is -2.58. The van der Waals surface area contributed by atoms with Gasteiger partial charge in [0.25, 0.3) is 0 Å². The van der Waals surface area contributed by atoms with Gasteiger partial charge in [-0.05, 0) is 12.1 Å². The number of pyridine rings is 1. The van der Waals surface area contributed by atoms with Gasteiger partial charge in [0.05, 0.1) is 37.7 Å². The standard InChI is InChI=1S/C17H22N6O2/c1-22(16(24)9-18)12-14-3-2-4-15(21-14)13-10-19-17(20-11-13)23-5-7-25-8-6-23/h2-4,10-11H,5-9,12,18H2,1H3. The summed E-state index contributed by atoms with van der Waals surface area (Å²) in [5, 5.41) is 0. The van der Waals surface area contributed by atoms with Crippen LogP contribution in [0.4, 0.5) is 5.95 Å². The van der Waals surface area contributed by atoms with Gasteiger partial charge in [-0.2, -0.15) is 0 Å². The number of carbonyl (C=O) groups excluding carboxylic acids is 1. The molecule has 2 aromatic rings. The van der Waals surface area contributed by atoms with Gasteiger partial charge in [-0.3, -0.25) is 9.78 Å². The second-order valence-electron chi connectivity index (χ2n) is 5.84. The van der Waals surface area contributed by atoms with Crippen LogP contribution in [-0.2, 0) is 16.1 Å². The van der Waals surface area contributed by atoms with E-state index in [0.717, 1.165) is 30.0 Å². The van der Waals surface area contributed by atoms with Gasteiger partial charge >= 0.3 is 0 Å².